The Kier molecular flexibility index (Phi) is 10.7. The van der Waals surface area contributed by atoms with E-state index < -0.39 is 5.97 Å². The van der Waals surface area contributed by atoms with Gasteiger partial charge in [0.2, 0.25) is 0 Å². The minimum absolute atomic E-state index is 0.119. The van der Waals surface area contributed by atoms with Crippen molar-refractivity contribution in [1.82, 2.24) is 0 Å². The average Bonchev–Trinajstić information content (AvgIpc) is 3.19. The van der Waals surface area contributed by atoms with E-state index in [0.29, 0.717) is 19.3 Å². The number of allylic oxidation sites excluding steroid dienone is 2. The molecule has 164 valence electrons. The van der Waals surface area contributed by atoms with Crippen LogP contribution in [0.2, 0.25) is 0 Å². The molecule has 2 rings (SSSR count). The topological polar surface area (TPSA) is 74.6 Å². The number of thiophene rings is 1. The summed E-state index contributed by atoms with van der Waals surface area (Å²) in [5.74, 6) is 1.74. The molecule has 0 aliphatic heterocycles. The fraction of sp³-hybridized carbons (Fsp3) is 0.609. The Labute approximate surface area is 193 Å². The molecule has 0 saturated heterocycles. The quantitative estimate of drug-likeness (QED) is 0.238. The van der Waals surface area contributed by atoms with Gasteiger partial charge in [0.05, 0.1) is 0 Å². The Morgan fingerprint density at radius 1 is 1.27 bits per heavy atom. The number of aryl methyl sites for hydroxylation is 2. The maximum atomic E-state index is 12.4. The number of carbonyl (C=O) groups excluding carboxylic acids is 1. The Hall–Kier alpha value is -1.05. The number of carbonyl (C=O) groups is 2. The second-order valence-electron chi connectivity index (χ2n) is 8.23. The maximum absolute atomic E-state index is 12.4. The van der Waals surface area contributed by atoms with Crippen molar-refractivity contribution < 1.29 is 19.8 Å². The van der Waals surface area contributed by atoms with Crippen molar-refractivity contribution in [3.05, 3.63) is 32.4 Å². The standard InChI is InChI=1S/C23H32BBrO4S/c1-15-21(25)13-18(30-15)10-8-17(26)9-11-19-16(14-24)12-22(27)20(19)6-4-2-3-5-7-23(28)29/h9,11,13-14,16,19-20,22,24,27H,2-8,10,12H2,1H3,(H,28,29)/b11-9+/t16-,19-,20+,22?/m0/s1. The van der Waals surface area contributed by atoms with Crippen LogP contribution in [-0.2, 0) is 16.0 Å². The van der Waals surface area contributed by atoms with Crippen LogP contribution < -0.4 is 0 Å². The summed E-state index contributed by atoms with van der Waals surface area (Å²) < 4.78 is 1.10. The van der Waals surface area contributed by atoms with Crippen LogP contribution in [0.25, 0.3) is 0 Å². The second-order valence-corrected chi connectivity index (χ2v) is 10.4. The molecule has 0 aromatic carbocycles. The molecule has 1 heterocycles. The van der Waals surface area contributed by atoms with Crippen molar-refractivity contribution in [2.24, 2.45) is 17.8 Å². The molecular weight excluding hydrogens is 463 g/mol. The molecular formula is C23H32BBrO4S. The molecule has 0 spiro atoms. The van der Waals surface area contributed by atoms with Gasteiger partial charge in [0.1, 0.15) is 0 Å². The van der Waals surface area contributed by atoms with E-state index in [1.165, 1.54) is 9.75 Å². The summed E-state index contributed by atoms with van der Waals surface area (Å²) in [5, 5.41) is 19.2. The number of rotatable bonds is 13. The number of ketones is 1. The van der Waals surface area contributed by atoms with Crippen molar-refractivity contribution >= 4 is 52.5 Å². The molecule has 4 atom stereocenters. The van der Waals surface area contributed by atoms with Gasteiger partial charge >= 0.3 is 193 Å². The summed E-state index contributed by atoms with van der Waals surface area (Å²) >= 11 is 5.24. The molecule has 1 saturated carbocycles. The van der Waals surface area contributed by atoms with Crippen LogP contribution in [0.4, 0.5) is 0 Å². The number of carboxylic acid groups (broad SMARTS) is 1. The van der Waals surface area contributed by atoms with Crippen LogP contribution in [-0.4, -0.2) is 41.5 Å². The fourth-order valence-corrected chi connectivity index (χ4v) is 5.91. The zero-order chi connectivity index (χ0) is 22.1. The van der Waals surface area contributed by atoms with Gasteiger partial charge in [-0.15, -0.1) is 0 Å². The third-order valence-corrected chi connectivity index (χ3v) is 8.20. The molecule has 1 aromatic heterocycles. The molecule has 1 aliphatic carbocycles. The van der Waals surface area contributed by atoms with Crippen LogP contribution in [0, 0.1) is 24.7 Å². The Bertz CT molecular complexity index is 741. The number of unbranched alkanes of at least 4 members (excludes halogenated alkanes) is 3. The summed E-state index contributed by atoms with van der Waals surface area (Å²) in [6, 6.07) is 2.09. The van der Waals surface area contributed by atoms with Gasteiger partial charge in [-0.05, 0) is 0 Å². The number of halogens is 1. The Morgan fingerprint density at radius 2 is 2.00 bits per heavy atom. The number of aliphatic carboxylic acids is 1. The summed E-state index contributed by atoms with van der Waals surface area (Å²) in [6.45, 7) is 2.06. The third-order valence-electron chi connectivity index (χ3n) is 6.01. The van der Waals surface area contributed by atoms with E-state index in [1.54, 1.807) is 17.4 Å². The van der Waals surface area contributed by atoms with E-state index in [0.717, 1.165) is 36.6 Å². The van der Waals surface area contributed by atoms with Crippen LogP contribution >= 0.6 is 27.3 Å². The molecule has 0 bridgehead atoms. The van der Waals surface area contributed by atoms with Crippen molar-refractivity contribution in [3.8, 4) is 0 Å². The molecule has 2 N–H and O–H groups in total. The van der Waals surface area contributed by atoms with Gasteiger partial charge in [-0.3, -0.25) is 0 Å². The van der Waals surface area contributed by atoms with Crippen LogP contribution in [0.1, 0.15) is 61.1 Å². The van der Waals surface area contributed by atoms with E-state index in [-0.39, 0.29) is 36.1 Å². The first-order chi connectivity index (χ1) is 14.3. The minimum atomic E-state index is -0.744. The summed E-state index contributed by atoms with van der Waals surface area (Å²) in [6.07, 6.45) is 9.92. The predicted molar refractivity (Wildman–Crippen MR) is 129 cm³/mol. The number of hydrogen-bond acceptors (Lipinski definition) is 4. The van der Waals surface area contributed by atoms with Gasteiger partial charge in [0, 0.05) is 0 Å². The van der Waals surface area contributed by atoms with Crippen LogP contribution in [0.5, 0.6) is 0 Å². The normalized spacial score (nSPS) is 23.8. The van der Waals surface area contributed by atoms with E-state index >= 15 is 0 Å². The molecule has 30 heavy (non-hydrogen) atoms. The number of aliphatic hydroxyl groups is 1. The van der Waals surface area contributed by atoms with E-state index in [2.05, 4.69) is 36.4 Å². The van der Waals surface area contributed by atoms with Gasteiger partial charge in [-0.1, -0.05) is 0 Å². The van der Waals surface area contributed by atoms with Gasteiger partial charge in [-0.25, -0.2) is 0 Å². The molecule has 1 aromatic rings. The van der Waals surface area contributed by atoms with Gasteiger partial charge in [0.25, 0.3) is 0 Å². The van der Waals surface area contributed by atoms with E-state index in [1.807, 2.05) is 12.0 Å². The number of aliphatic hydroxyl groups excluding tert-OH is 1. The molecule has 4 nitrogen and oxygen atoms in total. The van der Waals surface area contributed by atoms with Crippen molar-refractivity contribution in [2.45, 2.75) is 70.8 Å². The van der Waals surface area contributed by atoms with Gasteiger partial charge in [-0.2, -0.15) is 0 Å². The fourth-order valence-electron chi connectivity index (χ4n) is 4.31. The summed E-state index contributed by atoms with van der Waals surface area (Å²) in [4.78, 5) is 25.4. The van der Waals surface area contributed by atoms with E-state index in [4.69, 9.17) is 5.11 Å². The summed E-state index contributed by atoms with van der Waals surface area (Å²) in [5.41, 5.74) is 0. The Morgan fingerprint density at radius 3 is 2.63 bits per heavy atom. The first-order valence-electron chi connectivity index (χ1n) is 10.8. The monoisotopic (exact) mass is 494 g/mol. The third kappa shape index (κ3) is 7.90. The van der Waals surface area contributed by atoms with Crippen LogP contribution in [0.15, 0.2) is 22.7 Å². The SMILES string of the molecule is B=C[C@@H]1CC(O)[C@H](CCCCCCC(=O)O)[C@H]1/C=C/C(=O)CCc1cc(Br)c(C)s1. The van der Waals surface area contributed by atoms with Crippen molar-refractivity contribution in [2.75, 3.05) is 0 Å². The molecule has 1 unspecified atom stereocenters. The molecule has 1 fully saturated rings. The first-order valence-corrected chi connectivity index (χ1v) is 12.4. The molecule has 0 amide bonds. The van der Waals surface area contributed by atoms with E-state index in [9.17, 15) is 14.7 Å². The molecule has 7 heteroatoms. The second kappa shape index (κ2) is 12.7. The number of carboxylic acids is 1. The first kappa shape index (κ1) is 25.2. The van der Waals surface area contributed by atoms with Crippen LogP contribution in [0.3, 0.4) is 0 Å². The zero-order valence-electron chi connectivity index (χ0n) is 17.7. The zero-order valence-corrected chi connectivity index (χ0v) is 20.1. The number of hydrogen-bond donors (Lipinski definition) is 2. The van der Waals surface area contributed by atoms with Crippen molar-refractivity contribution in [3.63, 3.8) is 0 Å². The summed E-state index contributed by atoms with van der Waals surface area (Å²) in [7, 11) is 3.92. The molecule has 1 aliphatic rings. The Balaban J connectivity index is 1.84. The van der Waals surface area contributed by atoms with Gasteiger partial charge in [0.15, 0.2) is 0 Å². The predicted octanol–water partition coefficient (Wildman–Crippen LogP) is 4.62. The molecule has 0 radical (unpaired) electrons. The average molecular weight is 495 g/mol. The van der Waals surface area contributed by atoms with Crippen molar-refractivity contribution in [1.29, 1.82) is 0 Å². The van der Waals surface area contributed by atoms with Gasteiger partial charge < -0.3 is 0 Å².